The van der Waals surface area contributed by atoms with Crippen LogP contribution < -0.4 is 4.90 Å². The summed E-state index contributed by atoms with van der Waals surface area (Å²) in [6.45, 7) is 0.257. The lowest BCUT2D eigenvalue weighted by Crippen LogP contribution is -2.26. The molecule has 2 aromatic carbocycles. The van der Waals surface area contributed by atoms with Crippen molar-refractivity contribution in [2.45, 2.75) is 11.4 Å². The monoisotopic (exact) mass is 322 g/mol. The number of anilines is 1. The molecule has 0 saturated carbocycles. The second-order valence-electron chi connectivity index (χ2n) is 5.28. The van der Waals surface area contributed by atoms with Crippen LogP contribution in [0, 0.1) is 5.82 Å². The Hall–Kier alpha value is -1.92. The Labute approximate surface area is 130 Å². The number of halogens is 1. The number of hydrogen-bond acceptors (Lipinski definition) is 3. The predicted molar refractivity (Wildman–Crippen MR) is 85.8 cm³/mol. The summed E-state index contributed by atoms with van der Waals surface area (Å²) in [6, 6.07) is 12.5. The molecule has 22 heavy (non-hydrogen) atoms. The fraction of sp³-hybridized carbons (Fsp3) is 0.250. The van der Waals surface area contributed by atoms with E-state index in [-0.39, 0.29) is 11.4 Å². The Morgan fingerprint density at radius 2 is 1.45 bits per heavy atom. The first-order chi connectivity index (χ1) is 10.3. The average molecular weight is 322 g/mol. The van der Waals surface area contributed by atoms with Crippen molar-refractivity contribution in [1.82, 2.24) is 4.31 Å². The van der Waals surface area contributed by atoms with Gasteiger partial charge in [0.1, 0.15) is 5.82 Å². The molecule has 0 unspecified atom stereocenters. The highest BCUT2D eigenvalue weighted by Gasteiger charge is 2.20. The standard InChI is InChI=1S/C16H19FN2O2S/c1-18(2)15-8-4-13(5-9-15)12-19(3)22(20,21)16-10-6-14(17)7-11-16/h4-11H,12H2,1-3H3. The number of sulfonamides is 1. The summed E-state index contributed by atoms with van der Waals surface area (Å²) in [5.74, 6) is -0.458. The third-order valence-corrected chi connectivity index (χ3v) is 5.20. The van der Waals surface area contributed by atoms with E-state index in [0.29, 0.717) is 0 Å². The Morgan fingerprint density at radius 3 is 1.95 bits per heavy atom. The van der Waals surface area contributed by atoms with Crippen molar-refractivity contribution in [2.75, 3.05) is 26.0 Å². The van der Waals surface area contributed by atoms with Crippen LogP contribution in [0.15, 0.2) is 53.4 Å². The molecule has 0 spiro atoms. The van der Waals surface area contributed by atoms with Gasteiger partial charge in [0.2, 0.25) is 10.0 Å². The molecule has 0 saturated heterocycles. The zero-order valence-corrected chi connectivity index (χ0v) is 13.6. The molecule has 118 valence electrons. The van der Waals surface area contributed by atoms with E-state index in [1.54, 1.807) is 0 Å². The minimum atomic E-state index is -3.62. The molecule has 0 atom stereocenters. The van der Waals surface area contributed by atoms with Gasteiger partial charge in [0.05, 0.1) is 4.90 Å². The Kier molecular flexibility index (Phi) is 4.83. The van der Waals surface area contributed by atoms with Crippen molar-refractivity contribution < 1.29 is 12.8 Å². The lowest BCUT2D eigenvalue weighted by atomic mass is 10.2. The topological polar surface area (TPSA) is 40.6 Å². The smallest absolute Gasteiger partial charge is 0.243 e. The van der Waals surface area contributed by atoms with Crippen LogP contribution in [-0.2, 0) is 16.6 Å². The molecule has 0 aliphatic rings. The van der Waals surface area contributed by atoms with Gasteiger partial charge in [0, 0.05) is 33.4 Å². The highest BCUT2D eigenvalue weighted by molar-refractivity contribution is 7.89. The molecule has 4 nitrogen and oxygen atoms in total. The van der Waals surface area contributed by atoms with E-state index in [4.69, 9.17) is 0 Å². The van der Waals surface area contributed by atoms with E-state index in [1.807, 2.05) is 43.3 Å². The molecule has 0 N–H and O–H groups in total. The first-order valence-corrected chi connectivity index (χ1v) is 8.23. The lowest BCUT2D eigenvalue weighted by molar-refractivity contribution is 0.466. The summed E-state index contributed by atoms with van der Waals surface area (Å²) in [7, 11) is 1.78. The Balaban J connectivity index is 2.17. The summed E-state index contributed by atoms with van der Waals surface area (Å²) < 4.78 is 39.0. The number of rotatable bonds is 5. The maximum atomic E-state index is 12.9. The normalized spacial score (nSPS) is 11.7. The third kappa shape index (κ3) is 3.64. The maximum absolute atomic E-state index is 12.9. The minimum absolute atomic E-state index is 0.0845. The van der Waals surface area contributed by atoms with Gasteiger partial charge in [-0.25, -0.2) is 12.8 Å². The third-order valence-electron chi connectivity index (χ3n) is 3.38. The minimum Gasteiger partial charge on any atom is -0.378 e. The van der Waals surface area contributed by atoms with Crippen molar-refractivity contribution in [3.63, 3.8) is 0 Å². The molecular weight excluding hydrogens is 303 g/mol. The molecule has 0 bridgehead atoms. The van der Waals surface area contributed by atoms with Gasteiger partial charge in [0.15, 0.2) is 0 Å². The fourth-order valence-electron chi connectivity index (χ4n) is 2.03. The lowest BCUT2D eigenvalue weighted by Gasteiger charge is -2.18. The van der Waals surface area contributed by atoms with Gasteiger partial charge < -0.3 is 4.90 Å². The summed E-state index contributed by atoms with van der Waals surface area (Å²) in [6.07, 6.45) is 0. The highest BCUT2D eigenvalue weighted by Crippen LogP contribution is 2.18. The second kappa shape index (κ2) is 6.46. The van der Waals surface area contributed by atoms with E-state index < -0.39 is 15.8 Å². The van der Waals surface area contributed by atoms with Crippen LogP contribution in [0.1, 0.15) is 5.56 Å². The molecule has 0 aliphatic carbocycles. The second-order valence-corrected chi connectivity index (χ2v) is 7.32. The van der Waals surface area contributed by atoms with Crippen LogP contribution >= 0.6 is 0 Å². The van der Waals surface area contributed by atoms with E-state index >= 15 is 0 Å². The van der Waals surface area contributed by atoms with Crippen molar-refractivity contribution in [1.29, 1.82) is 0 Å². The molecule has 2 rings (SSSR count). The number of benzene rings is 2. The summed E-state index contributed by atoms with van der Waals surface area (Å²) in [5, 5.41) is 0. The van der Waals surface area contributed by atoms with Gasteiger partial charge in [-0.1, -0.05) is 12.1 Å². The van der Waals surface area contributed by atoms with Crippen LogP contribution in [0.4, 0.5) is 10.1 Å². The fourth-order valence-corrected chi connectivity index (χ4v) is 3.19. The SMILES string of the molecule is CN(C)c1ccc(CN(C)S(=O)(=O)c2ccc(F)cc2)cc1. The zero-order chi connectivity index (χ0) is 16.3. The summed E-state index contributed by atoms with van der Waals surface area (Å²) in [5.41, 5.74) is 1.94. The van der Waals surface area contributed by atoms with Gasteiger partial charge in [-0.05, 0) is 42.0 Å². The van der Waals surface area contributed by atoms with Crippen molar-refractivity contribution in [2.24, 2.45) is 0 Å². The van der Waals surface area contributed by atoms with Crippen LogP contribution in [0.25, 0.3) is 0 Å². The van der Waals surface area contributed by atoms with Crippen LogP contribution in [0.3, 0.4) is 0 Å². The first-order valence-electron chi connectivity index (χ1n) is 6.79. The van der Waals surface area contributed by atoms with Gasteiger partial charge >= 0.3 is 0 Å². The number of nitrogens with zero attached hydrogens (tertiary/aromatic N) is 2. The molecule has 2 aromatic rings. The molecule has 0 amide bonds. The molecule has 6 heteroatoms. The van der Waals surface area contributed by atoms with Gasteiger partial charge in [-0.3, -0.25) is 0 Å². The van der Waals surface area contributed by atoms with Crippen molar-refractivity contribution in [3.8, 4) is 0 Å². The van der Waals surface area contributed by atoms with Crippen LogP contribution in [0.2, 0.25) is 0 Å². The predicted octanol–water partition coefficient (Wildman–Crippen LogP) is 2.71. The van der Waals surface area contributed by atoms with E-state index in [0.717, 1.165) is 23.4 Å². The average Bonchev–Trinajstić information content (AvgIpc) is 2.48. The van der Waals surface area contributed by atoms with Crippen molar-refractivity contribution in [3.05, 3.63) is 59.9 Å². The molecular formula is C16H19FN2O2S. The van der Waals surface area contributed by atoms with Crippen LogP contribution in [0.5, 0.6) is 0 Å². The van der Waals surface area contributed by atoms with Gasteiger partial charge in [-0.2, -0.15) is 4.31 Å². The first kappa shape index (κ1) is 16.5. The summed E-state index contributed by atoms with van der Waals surface area (Å²) >= 11 is 0. The Bertz CT molecular complexity index is 726. The van der Waals surface area contributed by atoms with E-state index in [9.17, 15) is 12.8 Å². The van der Waals surface area contributed by atoms with E-state index in [1.165, 1.54) is 23.5 Å². The summed E-state index contributed by atoms with van der Waals surface area (Å²) in [4.78, 5) is 2.06. The highest BCUT2D eigenvalue weighted by atomic mass is 32.2. The molecule has 0 radical (unpaired) electrons. The zero-order valence-electron chi connectivity index (χ0n) is 12.8. The largest absolute Gasteiger partial charge is 0.378 e. The molecule has 0 fully saturated rings. The van der Waals surface area contributed by atoms with Gasteiger partial charge in [-0.15, -0.1) is 0 Å². The maximum Gasteiger partial charge on any atom is 0.243 e. The van der Waals surface area contributed by atoms with Gasteiger partial charge in [0.25, 0.3) is 0 Å². The molecule has 0 aromatic heterocycles. The number of hydrogen-bond donors (Lipinski definition) is 0. The van der Waals surface area contributed by atoms with E-state index in [2.05, 4.69) is 0 Å². The molecule has 0 heterocycles. The quantitative estimate of drug-likeness (QED) is 0.850. The van der Waals surface area contributed by atoms with Crippen LogP contribution in [-0.4, -0.2) is 33.9 Å². The molecule has 0 aliphatic heterocycles. The Morgan fingerprint density at radius 1 is 0.909 bits per heavy atom. The van der Waals surface area contributed by atoms with Crippen molar-refractivity contribution >= 4 is 15.7 Å².